The second-order valence-electron chi connectivity index (χ2n) is 7.04. The Morgan fingerprint density at radius 3 is 2.93 bits per heavy atom. The molecule has 2 amide bonds. The molecule has 2 N–H and O–H groups in total. The molecule has 0 bridgehead atoms. The SMILES string of the molecule is COCCCSNC(=O)N(CCc1nc2ccccc2[nH]1)C1CCCCC1. The number of imidazole rings is 1. The number of fused-ring (bicyclic) bond motifs is 1. The molecule has 1 saturated carbocycles. The molecule has 2 aromatic rings. The Morgan fingerprint density at radius 1 is 1.33 bits per heavy atom. The second kappa shape index (κ2) is 10.6. The van der Waals surface area contributed by atoms with Crippen LogP contribution in [0.3, 0.4) is 0 Å². The normalized spacial score (nSPS) is 15.1. The van der Waals surface area contributed by atoms with E-state index in [0.717, 1.165) is 54.9 Å². The average Bonchev–Trinajstić information content (AvgIpc) is 3.12. The summed E-state index contributed by atoms with van der Waals surface area (Å²) in [5.74, 6) is 1.80. The molecule has 7 heteroatoms. The molecule has 0 aliphatic heterocycles. The number of nitrogens with one attached hydrogen (secondary N) is 2. The molecule has 1 aromatic carbocycles. The lowest BCUT2D eigenvalue weighted by molar-refractivity contribution is 0.161. The Kier molecular flexibility index (Phi) is 7.83. The molecule has 1 aliphatic rings. The zero-order chi connectivity index (χ0) is 18.9. The van der Waals surface area contributed by atoms with Crippen molar-refractivity contribution in [1.82, 2.24) is 19.6 Å². The van der Waals surface area contributed by atoms with Crippen LogP contribution in [-0.4, -0.2) is 53.0 Å². The maximum Gasteiger partial charge on any atom is 0.327 e. The Labute approximate surface area is 165 Å². The van der Waals surface area contributed by atoms with Crippen LogP contribution in [0.5, 0.6) is 0 Å². The molecule has 0 atom stereocenters. The van der Waals surface area contributed by atoms with Crippen molar-refractivity contribution in [2.45, 2.75) is 51.0 Å². The number of amides is 2. The Morgan fingerprint density at radius 2 is 2.15 bits per heavy atom. The van der Waals surface area contributed by atoms with Crippen LogP contribution in [0.1, 0.15) is 44.3 Å². The largest absolute Gasteiger partial charge is 0.385 e. The van der Waals surface area contributed by atoms with Gasteiger partial charge in [0.1, 0.15) is 5.82 Å². The van der Waals surface area contributed by atoms with Crippen LogP contribution in [0.2, 0.25) is 0 Å². The van der Waals surface area contributed by atoms with Gasteiger partial charge in [-0.05, 0) is 43.3 Å². The monoisotopic (exact) mass is 390 g/mol. The fourth-order valence-corrected chi connectivity index (χ4v) is 4.24. The number of rotatable bonds is 9. The lowest BCUT2D eigenvalue weighted by Gasteiger charge is -2.34. The van der Waals surface area contributed by atoms with Crippen LogP contribution in [0.15, 0.2) is 24.3 Å². The van der Waals surface area contributed by atoms with E-state index in [-0.39, 0.29) is 6.03 Å². The fraction of sp³-hybridized carbons (Fsp3) is 0.600. The van der Waals surface area contributed by atoms with Crippen LogP contribution < -0.4 is 4.72 Å². The molecule has 6 nitrogen and oxygen atoms in total. The standard InChI is InChI=1S/C20H30N4O2S/c1-26-14-7-15-27-23-20(25)24(16-8-3-2-4-9-16)13-12-19-21-17-10-5-6-11-18(17)22-19/h5-6,10-11,16H,2-4,7-9,12-15H2,1H3,(H,21,22)(H,23,25). The second-order valence-corrected chi connectivity index (χ2v) is 7.94. The lowest BCUT2D eigenvalue weighted by atomic mass is 9.94. The molecule has 1 heterocycles. The number of methoxy groups -OCH3 is 1. The van der Waals surface area contributed by atoms with Gasteiger partial charge in [0.2, 0.25) is 0 Å². The molecule has 0 unspecified atom stereocenters. The Balaban J connectivity index is 1.57. The molecule has 1 fully saturated rings. The highest BCUT2D eigenvalue weighted by Crippen LogP contribution is 2.23. The zero-order valence-corrected chi connectivity index (χ0v) is 16.9. The molecule has 0 radical (unpaired) electrons. The van der Waals surface area contributed by atoms with Gasteiger partial charge in [0.15, 0.2) is 0 Å². The van der Waals surface area contributed by atoms with E-state index < -0.39 is 0 Å². The van der Waals surface area contributed by atoms with Gasteiger partial charge in [-0.25, -0.2) is 9.78 Å². The van der Waals surface area contributed by atoms with Crippen LogP contribution >= 0.6 is 11.9 Å². The first-order valence-electron chi connectivity index (χ1n) is 9.89. The van der Waals surface area contributed by atoms with Gasteiger partial charge < -0.3 is 14.6 Å². The third-order valence-electron chi connectivity index (χ3n) is 5.06. The molecule has 148 valence electrons. The summed E-state index contributed by atoms with van der Waals surface area (Å²) in [6, 6.07) is 8.41. The minimum absolute atomic E-state index is 0.0282. The van der Waals surface area contributed by atoms with Gasteiger partial charge in [-0.15, -0.1) is 0 Å². The molecule has 1 aliphatic carbocycles. The predicted molar refractivity (Wildman–Crippen MR) is 111 cm³/mol. The highest BCUT2D eigenvalue weighted by atomic mass is 32.2. The van der Waals surface area contributed by atoms with Gasteiger partial charge in [-0.1, -0.05) is 31.4 Å². The van der Waals surface area contributed by atoms with E-state index in [1.54, 1.807) is 7.11 Å². The van der Waals surface area contributed by atoms with Crippen molar-refractivity contribution in [3.05, 3.63) is 30.1 Å². The smallest absolute Gasteiger partial charge is 0.327 e. The number of hydrogen-bond acceptors (Lipinski definition) is 4. The number of carbonyl (C=O) groups excluding carboxylic acids is 1. The van der Waals surface area contributed by atoms with Crippen molar-refractivity contribution in [1.29, 1.82) is 0 Å². The molecular formula is C20H30N4O2S. The predicted octanol–water partition coefficient (Wildman–Crippen LogP) is 4.13. The van der Waals surface area contributed by atoms with Gasteiger partial charge in [-0.3, -0.25) is 4.72 Å². The van der Waals surface area contributed by atoms with E-state index in [9.17, 15) is 4.79 Å². The number of urea groups is 1. The summed E-state index contributed by atoms with van der Waals surface area (Å²) in [6.07, 6.45) is 7.57. The van der Waals surface area contributed by atoms with Gasteiger partial charge >= 0.3 is 6.03 Å². The topological polar surface area (TPSA) is 70.2 Å². The highest BCUT2D eigenvalue weighted by Gasteiger charge is 2.25. The summed E-state index contributed by atoms with van der Waals surface area (Å²) < 4.78 is 8.08. The maximum absolute atomic E-state index is 12.8. The fourth-order valence-electron chi connectivity index (χ4n) is 3.64. The summed E-state index contributed by atoms with van der Waals surface area (Å²) in [6.45, 7) is 1.41. The first kappa shape index (κ1) is 20.0. The third-order valence-corrected chi connectivity index (χ3v) is 5.87. The minimum Gasteiger partial charge on any atom is -0.385 e. The van der Waals surface area contributed by atoms with Crippen molar-refractivity contribution < 1.29 is 9.53 Å². The lowest BCUT2D eigenvalue weighted by Crippen LogP contribution is -2.46. The van der Waals surface area contributed by atoms with Gasteiger partial charge in [0, 0.05) is 38.5 Å². The van der Waals surface area contributed by atoms with Crippen LogP contribution in [0.4, 0.5) is 4.79 Å². The Bertz CT molecular complexity index is 682. The molecule has 1 aromatic heterocycles. The van der Waals surface area contributed by atoms with E-state index in [2.05, 4.69) is 14.7 Å². The van der Waals surface area contributed by atoms with Crippen LogP contribution in [-0.2, 0) is 11.2 Å². The molecule has 3 rings (SSSR count). The number of hydrogen-bond donors (Lipinski definition) is 2. The zero-order valence-electron chi connectivity index (χ0n) is 16.1. The summed E-state index contributed by atoms with van der Waals surface area (Å²) >= 11 is 1.47. The third kappa shape index (κ3) is 5.87. The summed E-state index contributed by atoms with van der Waals surface area (Å²) in [5.41, 5.74) is 2.03. The van der Waals surface area contributed by atoms with Gasteiger partial charge in [0.05, 0.1) is 11.0 Å². The summed E-state index contributed by atoms with van der Waals surface area (Å²) in [5, 5.41) is 0. The van der Waals surface area contributed by atoms with Gasteiger partial charge in [0.25, 0.3) is 0 Å². The number of aromatic amines is 1. The maximum atomic E-state index is 12.8. The first-order valence-corrected chi connectivity index (χ1v) is 10.9. The van der Waals surface area contributed by atoms with Crippen molar-refractivity contribution in [3.63, 3.8) is 0 Å². The van der Waals surface area contributed by atoms with Crippen molar-refractivity contribution in [3.8, 4) is 0 Å². The van der Waals surface area contributed by atoms with Crippen molar-refractivity contribution in [2.24, 2.45) is 0 Å². The van der Waals surface area contributed by atoms with E-state index in [1.807, 2.05) is 29.2 Å². The van der Waals surface area contributed by atoms with E-state index in [4.69, 9.17) is 4.74 Å². The number of aromatic nitrogens is 2. The van der Waals surface area contributed by atoms with Crippen molar-refractivity contribution >= 4 is 29.0 Å². The highest BCUT2D eigenvalue weighted by molar-refractivity contribution is 7.97. The minimum atomic E-state index is 0.0282. The van der Waals surface area contributed by atoms with E-state index in [1.165, 1.54) is 31.2 Å². The Hall–Kier alpha value is -1.73. The first-order chi connectivity index (χ1) is 13.3. The van der Waals surface area contributed by atoms with E-state index in [0.29, 0.717) is 12.6 Å². The molecule has 0 spiro atoms. The van der Waals surface area contributed by atoms with Gasteiger partial charge in [-0.2, -0.15) is 0 Å². The van der Waals surface area contributed by atoms with Crippen molar-refractivity contribution in [2.75, 3.05) is 26.0 Å². The number of nitrogens with zero attached hydrogens (tertiary/aromatic N) is 2. The number of para-hydroxylation sites is 2. The number of H-pyrrole nitrogens is 1. The average molecular weight is 391 g/mol. The number of benzene rings is 1. The summed E-state index contributed by atoms with van der Waals surface area (Å²) in [4.78, 5) is 22.8. The number of ether oxygens (including phenoxy) is 1. The van der Waals surface area contributed by atoms with E-state index >= 15 is 0 Å². The summed E-state index contributed by atoms with van der Waals surface area (Å²) in [7, 11) is 1.70. The number of carbonyl (C=O) groups is 1. The quantitative estimate of drug-likeness (QED) is 0.499. The molecular weight excluding hydrogens is 360 g/mol. The van der Waals surface area contributed by atoms with Crippen LogP contribution in [0.25, 0.3) is 11.0 Å². The molecule has 0 saturated heterocycles. The van der Waals surface area contributed by atoms with Crippen LogP contribution in [0, 0.1) is 0 Å². The molecule has 27 heavy (non-hydrogen) atoms.